The Kier molecular flexibility index (Phi) is 3.57. The molecule has 0 aromatic rings. The number of rotatable bonds is 2. The van der Waals surface area contributed by atoms with Gasteiger partial charge in [0.25, 0.3) is 0 Å². The summed E-state index contributed by atoms with van der Waals surface area (Å²) in [6, 6.07) is 0. The van der Waals surface area contributed by atoms with Crippen molar-refractivity contribution in [3.05, 3.63) is 12.2 Å². The van der Waals surface area contributed by atoms with Gasteiger partial charge in [-0.15, -0.1) is 0 Å². The van der Waals surface area contributed by atoms with Crippen LogP contribution in [0.4, 0.5) is 0 Å². The van der Waals surface area contributed by atoms with Crippen molar-refractivity contribution in [2.45, 2.75) is 57.7 Å². The number of hydrogen-bond acceptors (Lipinski definition) is 3. The molecule has 0 spiro atoms. The van der Waals surface area contributed by atoms with Gasteiger partial charge in [-0.3, -0.25) is 0 Å². The first-order valence-electron chi connectivity index (χ1n) is 6.64. The number of carbonyl (C=O) groups is 1. The molecule has 2 saturated carbocycles. The van der Waals surface area contributed by atoms with Crippen molar-refractivity contribution in [1.82, 2.24) is 0 Å². The van der Waals surface area contributed by atoms with E-state index in [9.17, 15) is 9.90 Å². The van der Waals surface area contributed by atoms with Gasteiger partial charge in [-0.25, -0.2) is 4.79 Å². The topological polar surface area (TPSA) is 46.5 Å². The molecule has 0 saturated heterocycles. The Morgan fingerprint density at radius 1 is 1.29 bits per heavy atom. The Labute approximate surface area is 103 Å². The summed E-state index contributed by atoms with van der Waals surface area (Å²) in [6.45, 7) is 5.19. The van der Waals surface area contributed by atoms with Crippen molar-refractivity contribution >= 4 is 5.97 Å². The Morgan fingerprint density at radius 3 is 2.65 bits per heavy atom. The SMILES string of the molecule is C=C(C)C(=O)OC1(O)CCCC2CCCCC21. The monoisotopic (exact) mass is 238 g/mol. The Bertz CT molecular complexity index is 321. The molecule has 0 amide bonds. The maximum absolute atomic E-state index is 11.6. The van der Waals surface area contributed by atoms with E-state index < -0.39 is 11.8 Å². The lowest BCUT2D eigenvalue weighted by molar-refractivity contribution is -0.254. The number of esters is 1. The second-order valence-electron chi connectivity index (χ2n) is 5.56. The second-order valence-corrected chi connectivity index (χ2v) is 5.56. The molecule has 2 aliphatic carbocycles. The first-order chi connectivity index (χ1) is 8.03. The van der Waals surface area contributed by atoms with E-state index in [4.69, 9.17) is 4.74 Å². The summed E-state index contributed by atoms with van der Waals surface area (Å²) in [7, 11) is 0. The predicted molar refractivity (Wildman–Crippen MR) is 65.2 cm³/mol. The summed E-state index contributed by atoms with van der Waals surface area (Å²) in [5, 5.41) is 10.6. The van der Waals surface area contributed by atoms with Gasteiger partial charge >= 0.3 is 5.97 Å². The molecule has 3 heteroatoms. The summed E-state index contributed by atoms with van der Waals surface area (Å²) in [5.41, 5.74) is 0.358. The van der Waals surface area contributed by atoms with E-state index in [0.29, 0.717) is 17.9 Å². The largest absolute Gasteiger partial charge is 0.430 e. The highest BCUT2D eigenvalue weighted by molar-refractivity contribution is 5.87. The van der Waals surface area contributed by atoms with E-state index in [1.54, 1.807) is 6.92 Å². The van der Waals surface area contributed by atoms with E-state index in [0.717, 1.165) is 32.1 Å². The van der Waals surface area contributed by atoms with Crippen LogP contribution in [-0.2, 0) is 9.53 Å². The van der Waals surface area contributed by atoms with Crippen molar-refractivity contribution in [1.29, 1.82) is 0 Å². The molecule has 17 heavy (non-hydrogen) atoms. The molecule has 2 fully saturated rings. The third-order valence-electron chi connectivity index (χ3n) is 4.22. The van der Waals surface area contributed by atoms with Crippen molar-refractivity contribution in [3.63, 3.8) is 0 Å². The number of hydrogen-bond donors (Lipinski definition) is 1. The molecule has 0 heterocycles. The fourth-order valence-electron chi connectivity index (χ4n) is 3.32. The molecule has 0 aromatic heterocycles. The van der Waals surface area contributed by atoms with E-state index >= 15 is 0 Å². The standard InChI is InChI=1S/C14H22O3/c1-10(2)13(15)17-14(16)9-5-7-11-6-3-4-8-12(11)14/h11-12,16H,1,3-9H2,2H3. The average Bonchev–Trinajstić information content (AvgIpc) is 2.29. The quantitative estimate of drug-likeness (QED) is 0.457. The van der Waals surface area contributed by atoms with Gasteiger partial charge < -0.3 is 9.84 Å². The molecule has 2 rings (SSSR count). The van der Waals surface area contributed by atoms with E-state index in [-0.39, 0.29) is 5.92 Å². The maximum atomic E-state index is 11.6. The summed E-state index contributed by atoms with van der Waals surface area (Å²) in [4.78, 5) is 11.6. The number of aliphatic hydroxyl groups is 1. The average molecular weight is 238 g/mol. The molecule has 0 bridgehead atoms. The van der Waals surface area contributed by atoms with Crippen LogP contribution in [-0.4, -0.2) is 16.9 Å². The molecule has 0 aliphatic heterocycles. The van der Waals surface area contributed by atoms with Gasteiger partial charge in [0.2, 0.25) is 5.79 Å². The molecule has 96 valence electrons. The minimum absolute atomic E-state index is 0.133. The van der Waals surface area contributed by atoms with Crippen molar-refractivity contribution in [3.8, 4) is 0 Å². The van der Waals surface area contributed by atoms with Gasteiger partial charge in [0, 0.05) is 17.9 Å². The molecule has 1 N–H and O–H groups in total. The normalized spacial score (nSPS) is 37.1. The van der Waals surface area contributed by atoms with Crippen LogP contribution >= 0.6 is 0 Å². The fraction of sp³-hybridized carbons (Fsp3) is 0.786. The van der Waals surface area contributed by atoms with E-state index in [2.05, 4.69) is 6.58 Å². The lowest BCUT2D eigenvalue weighted by Gasteiger charge is -2.46. The number of ether oxygens (including phenoxy) is 1. The smallest absolute Gasteiger partial charge is 0.335 e. The summed E-state index contributed by atoms with van der Waals surface area (Å²) < 4.78 is 5.33. The third kappa shape index (κ3) is 2.54. The highest BCUT2D eigenvalue weighted by atomic mass is 16.7. The Balaban J connectivity index is 2.10. The Morgan fingerprint density at radius 2 is 1.94 bits per heavy atom. The lowest BCUT2D eigenvalue weighted by Crippen LogP contribution is -2.49. The van der Waals surface area contributed by atoms with Crippen LogP contribution < -0.4 is 0 Å². The first-order valence-corrected chi connectivity index (χ1v) is 6.64. The molecule has 3 nitrogen and oxygen atoms in total. The molecular formula is C14H22O3. The van der Waals surface area contributed by atoms with Crippen LogP contribution in [0.25, 0.3) is 0 Å². The zero-order valence-corrected chi connectivity index (χ0v) is 10.6. The predicted octanol–water partition coefficient (Wildman–Crippen LogP) is 2.78. The van der Waals surface area contributed by atoms with Crippen LogP contribution in [0.5, 0.6) is 0 Å². The molecule has 0 aromatic carbocycles. The highest BCUT2D eigenvalue weighted by Gasteiger charge is 2.47. The molecular weight excluding hydrogens is 216 g/mol. The van der Waals surface area contributed by atoms with E-state index in [1.165, 1.54) is 6.42 Å². The highest BCUT2D eigenvalue weighted by Crippen LogP contribution is 2.46. The van der Waals surface area contributed by atoms with Gasteiger partial charge in [0.1, 0.15) is 0 Å². The molecule has 0 radical (unpaired) electrons. The second kappa shape index (κ2) is 4.81. The van der Waals surface area contributed by atoms with Crippen molar-refractivity contribution in [2.75, 3.05) is 0 Å². The summed E-state index contributed by atoms with van der Waals surface area (Å²) in [5.74, 6) is -1.04. The molecule has 3 atom stereocenters. The van der Waals surface area contributed by atoms with Crippen molar-refractivity contribution in [2.24, 2.45) is 11.8 Å². The van der Waals surface area contributed by atoms with Gasteiger partial charge in [-0.1, -0.05) is 19.4 Å². The van der Waals surface area contributed by atoms with Crippen LogP contribution in [0.2, 0.25) is 0 Å². The van der Waals surface area contributed by atoms with E-state index in [1.807, 2.05) is 0 Å². The van der Waals surface area contributed by atoms with Gasteiger partial charge in [0.15, 0.2) is 0 Å². The van der Waals surface area contributed by atoms with Gasteiger partial charge in [-0.2, -0.15) is 0 Å². The summed E-state index contributed by atoms with van der Waals surface area (Å²) >= 11 is 0. The van der Waals surface area contributed by atoms with Crippen LogP contribution in [0.1, 0.15) is 51.9 Å². The summed E-state index contributed by atoms with van der Waals surface area (Å²) in [6.07, 6.45) is 7.20. The third-order valence-corrected chi connectivity index (χ3v) is 4.22. The first kappa shape index (κ1) is 12.6. The van der Waals surface area contributed by atoms with Gasteiger partial charge in [-0.05, 0) is 38.5 Å². The number of fused-ring (bicyclic) bond motifs is 1. The number of carbonyl (C=O) groups excluding carboxylic acids is 1. The molecule has 2 aliphatic rings. The zero-order valence-electron chi connectivity index (χ0n) is 10.6. The Hall–Kier alpha value is -0.830. The minimum Gasteiger partial charge on any atom is -0.430 e. The van der Waals surface area contributed by atoms with Crippen LogP contribution in [0, 0.1) is 11.8 Å². The molecule has 3 unspecified atom stereocenters. The van der Waals surface area contributed by atoms with Crippen LogP contribution in [0.3, 0.4) is 0 Å². The maximum Gasteiger partial charge on any atom is 0.335 e. The zero-order chi connectivity index (χ0) is 12.5. The lowest BCUT2D eigenvalue weighted by atomic mass is 9.67. The van der Waals surface area contributed by atoms with Crippen LogP contribution in [0.15, 0.2) is 12.2 Å². The van der Waals surface area contributed by atoms with Crippen molar-refractivity contribution < 1.29 is 14.6 Å². The van der Waals surface area contributed by atoms with Gasteiger partial charge in [0.05, 0.1) is 0 Å². The fourth-order valence-corrected chi connectivity index (χ4v) is 3.32. The minimum atomic E-state index is -1.24.